The van der Waals surface area contributed by atoms with E-state index in [1.165, 1.54) is 48.5 Å². The summed E-state index contributed by atoms with van der Waals surface area (Å²) < 4.78 is 80.3. The number of anilines is 4. The number of benzene rings is 5. The van der Waals surface area contributed by atoms with Crippen LogP contribution in [0.1, 0.15) is 70.7 Å². The number of ketones is 2. The zero-order valence-corrected chi connectivity index (χ0v) is 39.7. The zero-order chi connectivity index (χ0) is 51.8. The number of halogens is 10. The molecule has 5 aromatic rings. The van der Waals surface area contributed by atoms with Crippen molar-refractivity contribution >= 4 is 116 Å². The summed E-state index contributed by atoms with van der Waals surface area (Å²) in [6, 6.07) is 12.8. The van der Waals surface area contributed by atoms with Gasteiger partial charge >= 0.3 is 12.4 Å². The fourth-order valence-corrected chi connectivity index (χ4v) is 7.54. The van der Waals surface area contributed by atoms with Crippen LogP contribution in [0.25, 0.3) is 0 Å². The molecule has 0 radical (unpaired) electrons. The lowest BCUT2D eigenvalue weighted by atomic mass is 9.98. The Hall–Kier alpha value is -6.74. The average molecular weight is 1050 g/mol. The lowest BCUT2D eigenvalue weighted by Crippen LogP contribution is -2.33. The van der Waals surface area contributed by atoms with Crippen molar-refractivity contribution in [1.29, 1.82) is 0 Å². The average Bonchev–Trinajstić information content (AvgIpc) is 3.28. The van der Waals surface area contributed by atoms with Crippen LogP contribution in [0.5, 0.6) is 0 Å². The fraction of sp³-hybridized carbons (Fsp3) is 0.217. The van der Waals surface area contributed by atoms with E-state index < -0.39 is 80.8 Å². The molecule has 0 aliphatic heterocycles. The van der Waals surface area contributed by atoms with Crippen molar-refractivity contribution in [3.05, 3.63) is 138 Å². The molecule has 0 aromatic heterocycles. The molecule has 0 fully saturated rings. The second-order valence-electron chi connectivity index (χ2n) is 14.8. The van der Waals surface area contributed by atoms with Crippen molar-refractivity contribution in [2.75, 3.05) is 21.3 Å². The molecule has 70 heavy (non-hydrogen) atoms. The Labute approximate surface area is 414 Å². The first-order valence-corrected chi connectivity index (χ1v) is 21.9. The van der Waals surface area contributed by atoms with Crippen LogP contribution in [0.3, 0.4) is 0 Å². The largest absolute Gasteiger partial charge is 0.417 e. The monoisotopic (exact) mass is 1050 g/mol. The van der Waals surface area contributed by atoms with Crippen LogP contribution in [-0.2, 0) is 44.4 Å². The Morgan fingerprint density at radius 2 is 0.886 bits per heavy atom. The van der Waals surface area contributed by atoms with Crippen molar-refractivity contribution in [2.24, 2.45) is 20.5 Å². The molecule has 24 heteroatoms. The second-order valence-corrected chi connectivity index (χ2v) is 16.4. The van der Waals surface area contributed by atoms with E-state index in [9.17, 15) is 55.1 Å². The number of rotatable bonds is 16. The summed E-state index contributed by atoms with van der Waals surface area (Å²) in [7, 11) is 0. The third-order valence-electron chi connectivity index (χ3n) is 9.99. The van der Waals surface area contributed by atoms with Gasteiger partial charge in [0.1, 0.15) is 11.4 Å². The molecule has 2 unspecified atom stereocenters. The molecule has 366 valence electrons. The molecular formula is C46H36Cl4F6N8O6. The van der Waals surface area contributed by atoms with E-state index in [0.717, 1.165) is 38.1 Å². The Morgan fingerprint density at radius 3 is 1.20 bits per heavy atom. The van der Waals surface area contributed by atoms with Crippen molar-refractivity contribution in [2.45, 2.75) is 65.0 Å². The molecule has 0 heterocycles. The highest BCUT2D eigenvalue weighted by molar-refractivity contribution is 6.37. The molecule has 2 atom stereocenters. The molecule has 14 nitrogen and oxygen atoms in total. The van der Waals surface area contributed by atoms with Crippen LogP contribution in [0.15, 0.2) is 105 Å². The topological polar surface area (TPSA) is 200 Å². The molecule has 0 aliphatic carbocycles. The van der Waals surface area contributed by atoms with Gasteiger partial charge in [0.15, 0.2) is 11.6 Å². The molecule has 0 bridgehead atoms. The van der Waals surface area contributed by atoms with Crippen molar-refractivity contribution in [3.8, 4) is 0 Å². The number of azo groups is 2. The predicted molar refractivity (Wildman–Crippen MR) is 252 cm³/mol. The number of hydrogen-bond acceptors (Lipinski definition) is 10. The van der Waals surface area contributed by atoms with Crippen molar-refractivity contribution in [3.63, 3.8) is 0 Å². The lowest BCUT2D eigenvalue weighted by molar-refractivity contribution is -0.138. The van der Waals surface area contributed by atoms with Crippen LogP contribution in [-0.4, -0.2) is 47.3 Å². The highest BCUT2D eigenvalue weighted by Gasteiger charge is 2.35. The van der Waals surface area contributed by atoms with Gasteiger partial charge in [0.25, 0.3) is 23.6 Å². The maximum Gasteiger partial charge on any atom is 0.417 e. The van der Waals surface area contributed by atoms with Crippen LogP contribution in [0, 0.1) is 0 Å². The molecule has 4 N–H and O–H groups in total. The first-order chi connectivity index (χ1) is 32.9. The Morgan fingerprint density at radius 1 is 0.529 bits per heavy atom. The number of amides is 4. The Kier molecular flexibility index (Phi) is 17.6. The van der Waals surface area contributed by atoms with Crippen LogP contribution in [0.4, 0.5) is 60.5 Å². The van der Waals surface area contributed by atoms with Gasteiger partial charge in [-0.1, -0.05) is 72.4 Å². The summed E-state index contributed by atoms with van der Waals surface area (Å²) >= 11 is 24.2. The molecule has 5 rings (SSSR count). The van der Waals surface area contributed by atoms with Crippen molar-refractivity contribution in [1.82, 2.24) is 0 Å². The SMILES string of the molecule is CCc1c(NC(=O)C(N=Nc2cccc(C(=O)Nc3ccc(Cl)c(C(F)(F)F)c3)c2Cl)C(C)=O)ccc(NC(=O)C(N=Nc2cccc(C(=O)Nc3ccc(Cl)c(C(F)(F)F)c3)c2Cl)C(C)=O)c1CC. The summed E-state index contributed by atoms with van der Waals surface area (Å²) in [4.78, 5) is 78.8. The quantitative estimate of drug-likeness (QED) is 0.0430. The number of carbonyl (C=O) groups is 6. The third kappa shape index (κ3) is 13.1. The van der Waals surface area contributed by atoms with Gasteiger partial charge in [-0.15, -0.1) is 0 Å². The van der Waals surface area contributed by atoms with Gasteiger partial charge in [-0.05, 0) is 111 Å². The smallest absolute Gasteiger partial charge is 0.323 e. The third-order valence-corrected chi connectivity index (χ3v) is 11.4. The standard InChI is InChI=1S/C46H36Cl4F6N8O6/c1-5-25-26(6-2)34(60-44(70)40(22(4)66)64-62-36-12-8-10-28(38(36)50)42(68)58-24-14-16-32(48)30(20-24)46(54,55)56)18-17-33(25)59-43(69)39(21(3)65)63-61-35-11-7-9-27(37(35)49)41(67)57-23-13-15-31(47)29(19-23)45(51,52)53/h7-20,39-40H,5-6H2,1-4H3,(H,57,67)(H,58,68)(H,59,69)(H,60,70). The molecule has 0 aliphatic rings. The molecule has 0 saturated heterocycles. The van der Waals surface area contributed by atoms with E-state index in [0.29, 0.717) is 23.3 Å². The molecule has 0 spiro atoms. The number of nitrogens with one attached hydrogen (secondary N) is 4. The number of alkyl halides is 6. The predicted octanol–water partition coefficient (Wildman–Crippen LogP) is 13.3. The zero-order valence-electron chi connectivity index (χ0n) is 36.7. The summed E-state index contributed by atoms with van der Waals surface area (Å²) in [5.74, 6) is -5.15. The van der Waals surface area contributed by atoms with E-state index in [4.69, 9.17) is 46.4 Å². The van der Waals surface area contributed by atoms with Gasteiger partial charge in [0, 0.05) is 22.7 Å². The summed E-state index contributed by atoms with van der Waals surface area (Å²) in [6.07, 6.45) is -9.03. The normalized spacial score (nSPS) is 12.7. The summed E-state index contributed by atoms with van der Waals surface area (Å²) in [6.45, 7) is 5.67. The minimum atomic E-state index is -4.80. The lowest BCUT2D eigenvalue weighted by Gasteiger charge is -2.20. The van der Waals surface area contributed by atoms with Gasteiger partial charge in [-0.3, -0.25) is 28.8 Å². The van der Waals surface area contributed by atoms with Crippen LogP contribution in [0.2, 0.25) is 20.1 Å². The minimum Gasteiger partial charge on any atom is -0.323 e. The maximum atomic E-state index is 13.6. The van der Waals surface area contributed by atoms with Crippen LogP contribution >= 0.6 is 46.4 Å². The summed E-state index contributed by atoms with van der Waals surface area (Å²) in [5.41, 5.74) is -2.08. The van der Waals surface area contributed by atoms with E-state index >= 15 is 0 Å². The van der Waals surface area contributed by atoms with Gasteiger partial charge in [-0.25, -0.2) is 0 Å². The van der Waals surface area contributed by atoms with E-state index in [1.54, 1.807) is 13.8 Å². The van der Waals surface area contributed by atoms with E-state index in [1.807, 2.05) is 0 Å². The van der Waals surface area contributed by atoms with Crippen LogP contribution < -0.4 is 21.3 Å². The number of carbonyl (C=O) groups excluding carboxylic acids is 6. The number of hydrogen-bond donors (Lipinski definition) is 4. The molecule has 5 aromatic carbocycles. The van der Waals surface area contributed by atoms with Crippen molar-refractivity contribution < 1.29 is 55.1 Å². The second kappa shape index (κ2) is 22.8. The number of Topliss-reactive ketones (excluding diaryl/α,β-unsaturated/α-hetero) is 2. The minimum absolute atomic E-state index is 0.158. The summed E-state index contributed by atoms with van der Waals surface area (Å²) in [5, 5.41) is 23.9. The maximum absolute atomic E-state index is 13.6. The van der Waals surface area contributed by atoms with Gasteiger partial charge in [0.2, 0.25) is 12.1 Å². The van der Waals surface area contributed by atoms with Gasteiger partial charge in [0.05, 0.1) is 42.3 Å². The highest BCUT2D eigenvalue weighted by Crippen LogP contribution is 2.39. The number of nitrogens with zero attached hydrogens (tertiary/aromatic N) is 4. The van der Waals surface area contributed by atoms with Gasteiger partial charge in [-0.2, -0.15) is 46.8 Å². The van der Waals surface area contributed by atoms with E-state index in [-0.39, 0.29) is 68.1 Å². The highest BCUT2D eigenvalue weighted by atomic mass is 35.5. The molecule has 0 saturated carbocycles. The molecule has 4 amide bonds. The first kappa shape index (κ1) is 54.2. The fourth-order valence-electron chi connectivity index (χ4n) is 6.60. The molecular weight excluding hydrogens is 1020 g/mol. The first-order valence-electron chi connectivity index (χ1n) is 20.4. The Balaban J connectivity index is 1.31. The van der Waals surface area contributed by atoms with Gasteiger partial charge < -0.3 is 21.3 Å². The van der Waals surface area contributed by atoms with E-state index in [2.05, 4.69) is 41.7 Å². The Bertz CT molecular complexity index is 2770.